The van der Waals surface area contributed by atoms with Crippen LogP contribution in [0.4, 0.5) is 0 Å². The summed E-state index contributed by atoms with van der Waals surface area (Å²) in [4.78, 5) is 37.8. The Balaban J connectivity index is 5.08. The molecule has 1 amide bonds. The predicted molar refractivity (Wildman–Crippen MR) is 333 cm³/mol. The van der Waals surface area contributed by atoms with Crippen molar-refractivity contribution < 1.29 is 37.3 Å². The van der Waals surface area contributed by atoms with E-state index in [1.807, 2.05) is 33.3 Å². The van der Waals surface area contributed by atoms with Gasteiger partial charge in [-0.3, -0.25) is 18.6 Å². The molecule has 0 aromatic carbocycles. The van der Waals surface area contributed by atoms with Crippen LogP contribution in [0.5, 0.6) is 0 Å². The number of carbonyl (C=O) groups is 2. The van der Waals surface area contributed by atoms with E-state index in [1.54, 1.807) is 0 Å². The quantitative estimate of drug-likeness (QED) is 0.0205. The lowest BCUT2D eigenvalue weighted by Gasteiger charge is -2.27. The molecule has 10 heteroatoms. The number of nitrogens with one attached hydrogen (secondary N) is 1. The monoisotopic (exact) mass is 1110 g/mol. The number of hydrogen-bond donors (Lipinski definition) is 2. The SMILES string of the molecule is CCCCCCCC/C=C/CCCCCCCCCCCC(=O)OC(/C=C/CCCCCCCCCCC)C(COP(=O)(O)OCC[N+](C)(C)C)NC(=O)CCCCCCCCCCCCCCCCCCCCCCC. The molecule has 0 heterocycles. The highest BCUT2D eigenvalue weighted by molar-refractivity contribution is 7.47. The van der Waals surface area contributed by atoms with Gasteiger partial charge in [0.05, 0.1) is 33.8 Å². The molecule has 0 aliphatic heterocycles. The lowest BCUT2D eigenvalue weighted by atomic mass is 10.0. The molecule has 0 saturated carbocycles. The van der Waals surface area contributed by atoms with Crippen molar-refractivity contribution in [3.63, 3.8) is 0 Å². The number of phosphoric acid groups is 1. The number of likely N-dealkylation sites (N-methyl/N-ethyl adjacent to an activating group) is 1. The smallest absolute Gasteiger partial charge is 0.456 e. The Bertz CT molecular complexity index is 1370. The fourth-order valence-corrected chi connectivity index (χ4v) is 10.9. The van der Waals surface area contributed by atoms with Crippen molar-refractivity contribution in [1.82, 2.24) is 5.32 Å². The van der Waals surface area contributed by atoms with Crippen LogP contribution in [0.3, 0.4) is 0 Å². The number of carbonyl (C=O) groups excluding carboxylic acids is 2. The maximum atomic E-state index is 13.6. The van der Waals surface area contributed by atoms with Gasteiger partial charge < -0.3 is 19.4 Å². The average Bonchev–Trinajstić information content (AvgIpc) is 3.39. The summed E-state index contributed by atoms with van der Waals surface area (Å²) in [5, 5.41) is 3.07. The van der Waals surface area contributed by atoms with Crippen LogP contribution in [0, 0.1) is 0 Å². The second-order valence-electron chi connectivity index (χ2n) is 24.4. The van der Waals surface area contributed by atoms with E-state index in [9.17, 15) is 19.0 Å². The summed E-state index contributed by atoms with van der Waals surface area (Å²) in [6.45, 7) is 7.06. The Hall–Kier alpha value is -1.51. The van der Waals surface area contributed by atoms with Gasteiger partial charge in [0.1, 0.15) is 19.3 Å². The Kier molecular flexibility index (Phi) is 56.6. The first kappa shape index (κ1) is 75.5. The molecule has 0 saturated heterocycles. The molecule has 0 fully saturated rings. The lowest BCUT2D eigenvalue weighted by molar-refractivity contribution is -0.870. The van der Waals surface area contributed by atoms with Crippen LogP contribution in [0.1, 0.15) is 342 Å². The normalized spacial score (nSPS) is 13.7. The third kappa shape index (κ3) is 58.9. The number of unbranched alkanes of at least 4 members (excludes halogenated alkanes) is 44. The number of allylic oxidation sites excluding steroid dienone is 3. The van der Waals surface area contributed by atoms with Crippen molar-refractivity contribution in [3.8, 4) is 0 Å². The Labute approximate surface area is 479 Å². The van der Waals surface area contributed by atoms with E-state index in [0.717, 1.165) is 57.8 Å². The van der Waals surface area contributed by atoms with E-state index >= 15 is 0 Å². The number of nitrogens with zero attached hydrogens (tertiary/aromatic N) is 1. The van der Waals surface area contributed by atoms with Crippen molar-refractivity contribution in [2.75, 3.05) is 40.9 Å². The Morgan fingerprint density at radius 3 is 1.10 bits per heavy atom. The standard InChI is InChI=1S/C67H131N2O7P/c1-7-10-13-16-19-22-25-27-29-31-33-34-36-37-39-41-44-47-50-53-56-59-66(70)68-64(63-75-77(72,73)74-62-61-69(4,5)6)65(58-55-52-49-46-43-24-21-18-15-12-9-3)76-67(71)60-57-54-51-48-45-42-40-38-35-32-30-28-26-23-20-17-14-11-8-2/h28,30,55,58,64-65H,7-27,29,31-54,56-57,59-63H2,1-6H3,(H-,68,70,72,73)/p+1/b30-28+,58-55+. The summed E-state index contributed by atoms with van der Waals surface area (Å²) in [5.41, 5.74) is 0. The summed E-state index contributed by atoms with van der Waals surface area (Å²) >= 11 is 0. The van der Waals surface area contributed by atoms with Crippen LogP contribution in [0.2, 0.25) is 0 Å². The van der Waals surface area contributed by atoms with Crippen molar-refractivity contribution in [3.05, 3.63) is 24.3 Å². The molecule has 2 N–H and O–H groups in total. The molecule has 0 aromatic rings. The maximum absolute atomic E-state index is 13.6. The Morgan fingerprint density at radius 2 is 0.753 bits per heavy atom. The summed E-state index contributed by atoms with van der Waals surface area (Å²) in [6, 6.07) is -0.843. The van der Waals surface area contributed by atoms with Gasteiger partial charge in [0.15, 0.2) is 0 Å². The Morgan fingerprint density at radius 1 is 0.442 bits per heavy atom. The number of ether oxygens (including phenoxy) is 1. The number of rotatable bonds is 62. The summed E-state index contributed by atoms with van der Waals surface area (Å²) in [6.07, 6.45) is 69.0. The van der Waals surface area contributed by atoms with Crippen molar-refractivity contribution in [2.24, 2.45) is 0 Å². The first-order valence-corrected chi connectivity index (χ1v) is 35.2. The highest BCUT2D eigenvalue weighted by Crippen LogP contribution is 2.43. The zero-order chi connectivity index (χ0) is 56.4. The summed E-state index contributed by atoms with van der Waals surface area (Å²) in [7, 11) is 1.51. The number of phosphoric ester groups is 1. The molecule has 0 aliphatic carbocycles. The molecular weight excluding hydrogens is 976 g/mol. The van der Waals surface area contributed by atoms with Crippen LogP contribution >= 0.6 is 7.82 Å². The van der Waals surface area contributed by atoms with Crippen LogP contribution in [0.15, 0.2) is 24.3 Å². The summed E-state index contributed by atoms with van der Waals surface area (Å²) in [5.74, 6) is -0.488. The molecule has 3 unspecified atom stereocenters. The van der Waals surface area contributed by atoms with E-state index in [-0.39, 0.29) is 25.1 Å². The molecule has 0 spiro atoms. The van der Waals surface area contributed by atoms with E-state index in [4.69, 9.17) is 13.8 Å². The molecule has 0 aromatic heterocycles. The first-order valence-electron chi connectivity index (χ1n) is 33.7. The van der Waals surface area contributed by atoms with E-state index < -0.39 is 20.0 Å². The molecular formula is C67H132N2O7P+. The van der Waals surface area contributed by atoms with Gasteiger partial charge in [0.25, 0.3) is 0 Å². The van der Waals surface area contributed by atoms with E-state index in [1.165, 1.54) is 250 Å². The number of esters is 1. The van der Waals surface area contributed by atoms with Gasteiger partial charge >= 0.3 is 13.8 Å². The highest BCUT2D eigenvalue weighted by Gasteiger charge is 2.30. The van der Waals surface area contributed by atoms with Gasteiger partial charge in [-0.15, -0.1) is 0 Å². The molecule has 0 aliphatic rings. The topological polar surface area (TPSA) is 111 Å². The molecule has 3 atom stereocenters. The van der Waals surface area contributed by atoms with Crippen LogP contribution in [-0.4, -0.2) is 74.3 Å². The average molecular weight is 1110 g/mol. The lowest BCUT2D eigenvalue weighted by Crippen LogP contribution is -2.47. The third-order valence-electron chi connectivity index (χ3n) is 15.4. The zero-order valence-electron chi connectivity index (χ0n) is 52.2. The second kappa shape index (κ2) is 57.7. The van der Waals surface area contributed by atoms with E-state index in [0.29, 0.717) is 23.9 Å². The third-order valence-corrected chi connectivity index (χ3v) is 16.4. The fourth-order valence-electron chi connectivity index (χ4n) is 10.2. The zero-order valence-corrected chi connectivity index (χ0v) is 53.1. The van der Waals surface area contributed by atoms with Crippen LogP contribution in [-0.2, 0) is 27.9 Å². The highest BCUT2D eigenvalue weighted by atomic mass is 31.2. The van der Waals surface area contributed by atoms with Gasteiger partial charge in [0.2, 0.25) is 5.91 Å². The largest absolute Gasteiger partial charge is 0.472 e. The van der Waals surface area contributed by atoms with Gasteiger partial charge in [-0.25, -0.2) is 4.57 Å². The fraction of sp³-hybridized carbons (Fsp3) is 0.910. The summed E-state index contributed by atoms with van der Waals surface area (Å²) < 4.78 is 30.8. The minimum absolute atomic E-state index is 0.0437. The number of quaternary nitrogens is 1. The second-order valence-corrected chi connectivity index (χ2v) is 25.8. The molecule has 0 bridgehead atoms. The van der Waals surface area contributed by atoms with Crippen molar-refractivity contribution in [2.45, 2.75) is 354 Å². The first-order chi connectivity index (χ1) is 37.4. The van der Waals surface area contributed by atoms with Gasteiger partial charge in [0, 0.05) is 12.8 Å². The molecule has 0 radical (unpaired) electrons. The van der Waals surface area contributed by atoms with Crippen molar-refractivity contribution >= 4 is 19.7 Å². The van der Waals surface area contributed by atoms with Crippen molar-refractivity contribution in [1.29, 1.82) is 0 Å². The van der Waals surface area contributed by atoms with Gasteiger partial charge in [-0.2, -0.15) is 0 Å². The van der Waals surface area contributed by atoms with Gasteiger partial charge in [-0.1, -0.05) is 296 Å². The minimum Gasteiger partial charge on any atom is -0.456 e. The molecule has 456 valence electrons. The van der Waals surface area contributed by atoms with E-state index in [2.05, 4.69) is 38.2 Å². The molecule has 9 nitrogen and oxygen atoms in total. The molecule has 77 heavy (non-hydrogen) atoms. The van der Waals surface area contributed by atoms with Gasteiger partial charge in [-0.05, 0) is 57.4 Å². The number of amides is 1. The molecule has 0 rings (SSSR count). The minimum atomic E-state index is -4.44. The van der Waals surface area contributed by atoms with Crippen LogP contribution < -0.4 is 5.32 Å². The number of hydrogen-bond acceptors (Lipinski definition) is 6. The van der Waals surface area contributed by atoms with Crippen LogP contribution in [0.25, 0.3) is 0 Å². The maximum Gasteiger partial charge on any atom is 0.472 e. The predicted octanol–water partition coefficient (Wildman–Crippen LogP) is 20.9.